The number of esters is 1. The summed E-state index contributed by atoms with van der Waals surface area (Å²) in [5.41, 5.74) is 1.56. The van der Waals surface area contributed by atoms with Crippen molar-refractivity contribution in [2.45, 2.75) is 13.2 Å². The predicted octanol–water partition coefficient (Wildman–Crippen LogP) is 5.58. The molecular formula is C21H20ClN3O6S. The van der Waals surface area contributed by atoms with Crippen molar-refractivity contribution in [3.8, 4) is 11.3 Å². The number of benzene rings is 2. The van der Waals surface area contributed by atoms with Gasteiger partial charge in [0, 0.05) is 36.4 Å². The first kappa shape index (κ1) is 23.6. The number of thiazole rings is 1. The number of methoxy groups -OCH3 is 2. The summed E-state index contributed by atoms with van der Waals surface area (Å²) in [7, 11) is 2.93. The minimum atomic E-state index is -0.704. The van der Waals surface area contributed by atoms with Crippen LogP contribution in [0.2, 0.25) is 5.02 Å². The molecule has 32 heavy (non-hydrogen) atoms. The van der Waals surface area contributed by atoms with E-state index in [2.05, 4.69) is 10.3 Å². The number of anilines is 2. The number of nitro groups is 1. The van der Waals surface area contributed by atoms with Crippen LogP contribution in [0.1, 0.15) is 28.4 Å². The molecule has 0 fully saturated rings. The monoisotopic (exact) mass is 477 g/mol. The average Bonchev–Trinajstić information content (AvgIpc) is 3.19. The van der Waals surface area contributed by atoms with Gasteiger partial charge in [-0.05, 0) is 31.2 Å². The molecule has 0 radical (unpaired) electrons. The Kier molecular flexibility index (Phi) is 7.75. The third-order valence-electron chi connectivity index (χ3n) is 4.35. The summed E-state index contributed by atoms with van der Waals surface area (Å²) >= 11 is 7.12. The van der Waals surface area contributed by atoms with Gasteiger partial charge in [0.05, 0.1) is 17.2 Å². The maximum Gasteiger partial charge on any atom is 0.350 e. The van der Waals surface area contributed by atoms with Gasteiger partial charge < -0.3 is 19.5 Å². The number of aromatic nitrogens is 1. The van der Waals surface area contributed by atoms with Crippen molar-refractivity contribution in [1.29, 1.82) is 0 Å². The molecule has 1 heterocycles. The third-order valence-corrected chi connectivity index (χ3v) is 5.53. The lowest BCUT2D eigenvalue weighted by Crippen LogP contribution is -2.05. The SMILES string of the molecule is CCOC(=O)c1sc(Nc2cc(C(OC)OC)ccc2[N+](=O)[O-])nc1-c1cccc(Cl)c1. The topological polar surface area (TPSA) is 113 Å². The first-order valence-corrected chi connectivity index (χ1v) is 10.6. The van der Waals surface area contributed by atoms with Crippen LogP contribution in [-0.4, -0.2) is 36.7 Å². The molecule has 0 atom stereocenters. The molecule has 0 aliphatic rings. The van der Waals surface area contributed by atoms with Gasteiger partial charge in [0.2, 0.25) is 0 Å². The molecule has 0 aliphatic carbocycles. The summed E-state index contributed by atoms with van der Waals surface area (Å²) in [4.78, 5) is 28.3. The van der Waals surface area contributed by atoms with E-state index in [-0.39, 0.29) is 28.0 Å². The molecule has 3 rings (SSSR count). The third kappa shape index (κ3) is 5.22. The van der Waals surface area contributed by atoms with Crippen LogP contribution in [0, 0.1) is 10.1 Å². The van der Waals surface area contributed by atoms with Gasteiger partial charge in [-0.1, -0.05) is 35.1 Å². The fourth-order valence-electron chi connectivity index (χ4n) is 2.98. The molecule has 2 aromatic carbocycles. The summed E-state index contributed by atoms with van der Waals surface area (Å²) in [5.74, 6) is -0.546. The Morgan fingerprint density at radius 1 is 1.25 bits per heavy atom. The molecule has 0 saturated heterocycles. The zero-order chi connectivity index (χ0) is 23.3. The predicted molar refractivity (Wildman–Crippen MR) is 122 cm³/mol. The van der Waals surface area contributed by atoms with Crippen molar-refractivity contribution in [2.24, 2.45) is 0 Å². The van der Waals surface area contributed by atoms with Crippen molar-refractivity contribution >= 4 is 45.4 Å². The van der Waals surface area contributed by atoms with Gasteiger partial charge in [-0.15, -0.1) is 0 Å². The number of nitrogens with zero attached hydrogens (tertiary/aromatic N) is 2. The molecule has 0 aliphatic heterocycles. The Morgan fingerprint density at radius 3 is 2.62 bits per heavy atom. The molecule has 0 spiro atoms. The fraction of sp³-hybridized carbons (Fsp3) is 0.238. The van der Waals surface area contributed by atoms with Crippen LogP contribution in [0.15, 0.2) is 42.5 Å². The number of carbonyl (C=O) groups excluding carboxylic acids is 1. The van der Waals surface area contributed by atoms with Crippen LogP contribution < -0.4 is 5.32 Å². The van der Waals surface area contributed by atoms with E-state index in [1.807, 2.05) is 0 Å². The fourth-order valence-corrected chi connectivity index (χ4v) is 4.07. The highest BCUT2D eigenvalue weighted by atomic mass is 35.5. The van der Waals surface area contributed by atoms with Gasteiger partial charge in [-0.2, -0.15) is 0 Å². The summed E-state index contributed by atoms with van der Waals surface area (Å²) in [6, 6.07) is 11.3. The number of hydrogen-bond donors (Lipinski definition) is 1. The Hall–Kier alpha value is -3.05. The number of nitro benzene ring substituents is 1. The highest BCUT2D eigenvalue weighted by Crippen LogP contribution is 2.37. The van der Waals surface area contributed by atoms with E-state index < -0.39 is 17.2 Å². The summed E-state index contributed by atoms with van der Waals surface area (Å²) in [6.45, 7) is 1.89. The van der Waals surface area contributed by atoms with Gasteiger partial charge in [-0.25, -0.2) is 9.78 Å². The molecule has 168 valence electrons. The highest BCUT2D eigenvalue weighted by molar-refractivity contribution is 7.18. The van der Waals surface area contributed by atoms with E-state index >= 15 is 0 Å². The lowest BCUT2D eigenvalue weighted by molar-refractivity contribution is -0.383. The van der Waals surface area contributed by atoms with Crippen molar-refractivity contribution < 1.29 is 23.9 Å². The Bertz CT molecular complexity index is 1130. The smallest absolute Gasteiger partial charge is 0.350 e. The van der Waals surface area contributed by atoms with Crippen molar-refractivity contribution in [3.05, 3.63) is 68.0 Å². The van der Waals surface area contributed by atoms with Gasteiger partial charge in [0.15, 0.2) is 11.4 Å². The normalized spacial score (nSPS) is 10.9. The highest BCUT2D eigenvalue weighted by Gasteiger charge is 2.24. The van der Waals surface area contributed by atoms with Crippen LogP contribution in [0.4, 0.5) is 16.5 Å². The first-order chi connectivity index (χ1) is 15.4. The summed E-state index contributed by atoms with van der Waals surface area (Å²) in [6.07, 6.45) is -0.704. The van der Waals surface area contributed by atoms with E-state index in [0.717, 1.165) is 11.3 Å². The van der Waals surface area contributed by atoms with E-state index in [4.69, 9.17) is 25.8 Å². The van der Waals surface area contributed by atoms with Crippen molar-refractivity contribution in [3.63, 3.8) is 0 Å². The number of nitrogens with one attached hydrogen (secondary N) is 1. The molecule has 1 aromatic heterocycles. The maximum atomic E-state index is 12.5. The average molecular weight is 478 g/mol. The molecule has 9 nitrogen and oxygen atoms in total. The zero-order valence-electron chi connectivity index (χ0n) is 17.5. The Labute approximate surface area is 193 Å². The van der Waals surface area contributed by atoms with Crippen molar-refractivity contribution in [2.75, 3.05) is 26.1 Å². The lowest BCUT2D eigenvalue weighted by atomic mass is 10.1. The molecule has 3 aromatic rings. The van der Waals surface area contributed by atoms with E-state index in [0.29, 0.717) is 21.8 Å². The summed E-state index contributed by atoms with van der Waals surface area (Å²) < 4.78 is 15.6. The van der Waals surface area contributed by atoms with Gasteiger partial charge in [0.1, 0.15) is 10.6 Å². The Balaban J connectivity index is 2.07. The largest absolute Gasteiger partial charge is 0.462 e. The molecule has 11 heteroatoms. The van der Waals surface area contributed by atoms with E-state index in [1.54, 1.807) is 43.3 Å². The van der Waals surface area contributed by atoms with Crippen LogP contribution in [0.3, 0.4) is 0 Å². The number of hydrogen-bond acceptors (Lipinski definition) is 9. The van der Waals surface area contributed by atoms with Gasteiger partial charge in [-0.3, -0.25) is 10.1 Å². The lowest BCUT2D eigenvalue weighted by Gasteiger charge is -2.15. The van der Waals surface area contributed by atoms with Crippen LogP contribution in [-0.2, 0) is 14.2 Å². The molecule has 0 saturated carbocycles. The molecular weight excluding hydrogens is 458 g/mol. The Morgan fingerprint density at radius 2 is 2.00 bits per heavy atom. The molecule has 0 bridgehead atoms. The minimum Gasteiger partial charge on any atom is -0.462 e. The van der Waals surface area contributed by atoms with Crippen molar-refractivity contribution in [1.82, 2.24) is 4.98 Å². The number of rotatable bonds is 9. The minimum absolute atomic E-state index is 0.170. The van der Waals surface area contributed by atoms with E-state index in [1.165, 1.54) is 20.3 Å². The molecule has 0 unspecified atom stereocenters. The molecule has 1 N–H and O–H groups in total. The molecule has 0 amide bonds. The van der Waals surface area contributed by atoms with E-state index in [9.17, 15) is 14.9 Å². The van der Waals surface area contributed by atoms with Crippen LogP contribution in [0.25, 0.3) is 11.3 Å². The zero-order valence-corrected chi connectivity index (χ0v) is 19.0. The number of ether oxygens (including phenoxy) is 3. The first-order valence-electron chi connectivity index (χ1n) is 9.42. The second-order valence-electron chi connectivity index (χ2n) is 6.39. The maximum absolute atomic E-state index is 12.5. The standard InChI is InChI=1S/C21H20ClN3O6S/c1-4-31-19(26)18-17(12-6-5-7-14(22)10-12)24-21(32-18)23-15-11-13(20(29-2)30-3)8-9-16(15)25(27)28/h5-11,20H,4H2,1-3H3,(H,23,24). The second-order valence-corrected chi connectivity index (χ2v) is 7.83. The number of carbonyl (C=O) groups is 1. The quantitative estimate of drug-likeness (QED) is 0.184. The van der Waals surface area contributed by atoms with Crippen LogP contribution in [0.5, 0.6) is 0 Å². The summed E-state index contributed by atoms with van der Waals surface area (Å²) in [5, 5.41) is 15.3. The van der Waals surface area contributed by atoms with Crippen LogP contribution >= 0.6 is 22.9 Å². The number of halogens is 1. The van der Waals surface area contributed by atoms with Gasteiger partial charge >= 0.3 is 5.97 Å². The van der Waals surface area contributed by atoms with Gasteiger partial charge in [0.25, 0.3) is 5.69 Å². The second kappa shape index (κ2) is 10.5.